The Balaban J connectivity index is 1.97. The van der Waals surface area contributed by atoms with E-state index in [9.17, 15) is 14.4 Å². The molecule has 0 fully saturated rings. The summed E-state index contributed by atoms with van der Waals surface area (Å²) in [6.07, 6.45) is 2.41. The Hall–Kier alpha value is -2.41. The van der Waals surface area contributed by atoms with Gasteiger partial charge in [-0.05, 0) is 48.8 Å². The minimum Gasteiger partial charge on any atom is -0.483 e. The van der Waals surface area contributed by atoms with Crippen molar-refractivity contribution in [1.82, 2.24) is 10.2 Å². The Morgan fingerprint density at radius 2 is 1.57 bits per heavy atom. The standard InChI is InChI=1S/C28H35BrN2O4/c1-7-31-18-11-27(2,3)13-20(32)25(18)24(26-19(31)12-28(4,5)14-21(26)33)17-10-16(29)8-9-22(17)35-15-23(34)30-6/h8-10,24H,7,11-15H2,1-6H3,(H,30,34). The molecule has 0 radical (unpaired) electrons. The summed E-state index contributed by atoms with van der Waals surface area (Å²) in [5.41, 5.74) is 3.91. The van der Waals surface area contributed by atoms with E-state index in [4.69, 9.17) is 4.74 Å². The molecule has 6 nitrogen and oxygen atoms in total. The molecule has 1 N–H and O–H groups in total. The summed E-state index contributed by atoms with van der Waals surface area (Å²) in [7, 11) is 1.56. The molecule has 0 aromatic heterocycles. The summed E-state index contributed by atoms with van der Waals surface area (Å²) in [6.45, 7) is 11.2. The van der Waals surface area contributed by atoms with Crippen LogP contribution in [0.5, 0.6) is 5.75 Å². The lowest BCUT2D eigenvalue weighted by Gasteiger charge is -2.49. The van der Waals surface area contributed by atoms with Crippen molar-refractivity contribution < 1.29 is 19.1 Å². The van der Waals surface area contributed by atoms with Crippen LogP contribution in [0.3, 0.4) is 0 Å². The third kappa shape index (κ3) is 4.84. The van der Waals surface area contributed by atoms with Crippen LogP contribution in [0.25, 0.3) is 0 Å². The number of carbonyl (C=O) groups is 3. The molecule has 188 valence electrons. The summed E-state index contributed by atoms with van der Waals surface area (Å²) in [5, 5.41) is 2.57. The molecule has 0 saturated heterocycles. The maximum Gasteiger partial charge on any atom is 0.257 e. The number of nitrogens with zero attached hydrogens (tertiary/aromatic N) is 1. The molecule has 3 aliphatic rings. The fourth-order valence-electron chi connectivity index (χ4n) is 5.83. The van der Waals surface area contributed by atoms with Crippen molar-refractivity contribution in [2.24, 2.45) is 10.8 Å². The van der Waals surface area contributed by atoms with E-state index in [1.165, 1.54) is 0 Å². The molecule has 7 heteroatoms. The third-order valence-electron chi connectivity index (χ3n) is 7.26. The maximum atomic E-state index is 13.8. The van der Waals surface area contributed by atoms with Crippen LogP contribution >= 0.6 is 15.9 Å². The molecular weight excluding hydrogens is 508 g/mol. The number of ketones is 2. The number of benzene rings is 1. The average molecular weight is 544 g/mol. The van der Waals surface area contributed by atoms with E-state index in [1.54, 1.807) is 7.05 Å². The lowest BCUT2D eigenvalue weighted by molar-refractivity contribution is -0.123. The predicted molar refractivity (Wildman–Crippen MR) is 139 cm³/mol. The zero-order valence-corrected chi connectivity index (χ0v) is 23.1. The number of rotatable bonds is 5. The smallest absolute Gasteiger partial charge is 0.257 e. The van der Waals surface area contributed by atoms with Gasteiger partial charge in [0.2, 0.25) is 0 Å². The van der Waals surface area contributed by atoms with Gasteiger partial charge in [-0.2, -0.15) is 0 Å². The van der Waals surface area contributed by atoms with Crippen LogP contribution in [0.2, 0.25) is 0 Å². The summed E-state index contributed by atoms with van der Waals surface area (Å²) in [4.78, 5) is 41.7. The molecule has 0 spiro atoms. The van der Waals surface area contributed by atoms with Crippen LogP contribution in [0.1, 0.15) is 71.8 Å². The number of nitrogens with one attached hydrogen (secondary N) is 1. The molecule has 0 saturated carbocycles. The minimum atomic E-state index is -0.507. The second kappa shape index (κ2) is 9.23. The molecule has 1 heterocycles. The van der Waals surface area contributed by atoms with Gasteiger partial charge in [-0.1, -0.05) is 43.6 Å². The summed E-state index contributed by atoms with van der Waals surface area (Å²) >= 11 is 3.58. The van der Waals surface area contributed by atoms with Gasteiger partial charge in [0, 0.05) is 64.9 Å². The molecule has 35 heavy (non-hydrogen) atoms. The monoisotopic (exact) mass is 542 g/mol. The SMILES string of the molecule is CCN1C2=C(C(=O)CC(C)(C)C2)C(c2cc(Br)ccc2OCC(=O)NC)C2=C1CC(C)(C)CC2=O. The molecule has 0 unspecified atom stereocenters. The Kier molecular flexibility index (Phi) is 6.77. The van der Waals surface area contributed by atoms with Gasteiger partial charge in [0.25, 0.3) is 5.91 Å². The van der Waals surface area contributed by atoms with Gasteiger partial charge in [0.05, 0.1) is 0 Å². The van der Waals surface area contributed by atoms with Gasteiger partial charge in [-0.3, -0.25) is 14.4 Å². The quantitative estimate of drug-likeness (QED) is 0.547. The minimum absolute atomic E-state index is 0.0844. The molecule has 0 atom stereocenters. The highest BCUT2D eigenvalue weighted by molar-refractivity contribution is 9.10. The Labute approximate surface area is 216 Å². The highest BCUT2D eigenvalue weighted by Crippen LogP contribution is 2.55. The van der Waals surface area contributed by atoms with E-state index in [2.05, 4.69) is 60.8 Å². The van der Waals surface area contributed by atoms with E-state index >= 15 is 0 Å². The third-order valence-corrected chi connectivity index (χ3v) is 7.75. The van der Waals surface area contributed by atoms with Gasteiger partial charge < -0.3 is 15.0 Å². The topological polar surface area (TPSA) is 75.7 Å². The van der Waals surface area contributed by atoms with Gasteiger partial charge in [-0.15, -0.1) is 0 Å². The van der Waals surface area contributed by atoms with Crippen LogP contribution in [-0.4, -0.2) is 42.6 Å². The largest absolute Gasteiger partial charge is 0.483 e. The number of allylic oxidation sites excluding steroid dienone is 4. The molecule has 4 rings (SSSR count). The van der Waals surface area contributed by atoms with Crippen molar-refractivity contribution in [1.29, 1.82) is 0 Å². The number of halogens is 1. The number of likely N-dealkylation sites (N-methyl/N-ethyl adjacent to an activating group) is 1. The lowest BCUT2D eigenvalue weighted by atomic mass is 9.63. The first kappa shape index (κ1) is 25.7. The van der Waals surface area contributed by atoms with Crippen molar-refractivity contribution in [3.63, 3.8) is 0 Å². The first-order valence-corrected chi connectivity index (χ1v) is 13.1. The van der Waals surface area contributed by atoms with Crippen molar-refractivity contribution in [2.75, 3.05) is 20.2 Å². The van der Waals surface area contributed by atoms with Gasteiger partial charge >= 0.3 is 0 Å². The van der Waals surface area contributed by atoms with Crippen LogP contribution in [0, 0.1) is 10.8 Å². The highest BCUT2D eigenvalue weighted by atomic mass is 79.9. The molecule has 0 bridgehead atoms. The number of hydrogen-bond acceptors (Lipinski definition) is 5. The van der Waals surface area contributed by atoms with Crippen LogP contribution in [0.4, 0.5) is 0 Å². The Bertz CT molecular complexity index is 1110. The predicted octanol–water partition coefficient (Wildman–Crippen LogP) is 5.28. The first-order chi connectivity index (χ1) is 16.4. The number of carbonyl (C=O) groups excluding carboxylic acids is 3. The van der Waals surface area contributed by atoms with Gasteiger partial charge in [0.1, 0.15) is 5.75 Å². The summed E-state index contributed by atoms with van der Waals surface area (Å²) in [5.74, 6) is -0.0689. The fraction of sp³-hybridized carbons (Fsp3) is 0.536. The maximum absolute atomic E-state index is 13.8. The zero-order chi connectivity index (χ0) is 25.7. The number of hydrogen-bond donors (Lipinski definition) is 1. The number of amides is 1. The second-order valence-corrected chi connectivity index (χ2v) is 12.3. The molecule has 1 aliphatic heterocycles. The molecular formula is C28H35BrN2O4. The number of ether oxygens (including phenoxy) is 1. The summed E-state index contributed by atoms with van der Waals surface area (Å²) < 4.78 is 6.78. The number of Topliss-reactive ketones (excluding diaryl/α,β-unsaturated/α-hetero) is 2. The molecule has 1 amide bonds. The highest BCUT2D eigenvalue weighted by Gasteiger charge is 2.49. The van der Waals surface area contributed by atoms with Crippen molar-refractivity contribution >= 4 is 33.4 Å². The van der Waals surface area contributed by atoms with E-state index < -0.39 is 5.92 Å². The second-order valence-electron chi connectivity index (χ2n) is 11.4. The normalized spacial score (nSPS) is 21.6. The zero-order valence-electron chi connectivity index (χ0n) is 21.5. The lowest BCUT2D eigenvalue weighted by Crippen LogP contribution is -2.44. The average Bonchev–Trinajstić information content (AvgIpc) is 2.75. The van der Waals surface area contributed by atoms with E-state index in [0.717, 1.165) is 34.3 Å². The Morgan fingerprint density at radius 3 is 2.06 bits per heavy atom. The molecule has 2 aliphatic carbocycles. The van der Waals surface area contributed by atoms with Crippen molar-refractivity contribution in [3.8, 4) is 5.75 Å². The summed E-state index contributed by atoms with van der Waals surface area (Å²) in [6, 6.07) is 5.59. The fourth-order valence-corrected chi connectivity index (χ4v) is 6.21. The molecule has 1 aromatic rings. The van der Waals surface area contributed by atoms with E-state index in [0.29, 0.717) is 36.3 Å². The van der Waals surface area contributed by atoms with Gasteiger partial charge in [0.15, 0.2) is 18.2 Å². The van der Waals surface area contributed by atoms with Crippen molar-refractivity contribution in [2.45, 2.75) is 66.2 Å². The van der Waals surface area contributed by atoms with Gasteiger partial charge in [-0.25, -0.2) is 0 Å². The first-order valence-electron chi connectivity index (χ1n) is 12.3. The Morgan fingerprint density at radius 1 is 1.03 bits per heavy atom. The van der Waals surface area contributed by atoms with E-state index in [1.807, 2.05) is 18.2 Å². The van der Waals surface area contributed by atoms with Crippen LogP contribution in [0.15, 0.2) is 45.2 Å². The van der Waals surface area contributed by atoms with Crippen LogP contribution in [-0.2, 0) is 14.4 Å². The van der Waals surface area contributed by atoms with E-state index in [-0.39, 0.29) is 34.9 Å². The van der Waals surface area contributed by atoms with Crippen molar-refractivity contribution in [3.05, 3.63) is 50.8 Å². The molecule has 1 aromatic carbocycles. The van der Waals surface area contributed by atoms with Crippen LogP contribution < -0.4 is 10.1 Å².